The number of thioether (sulfide) groups is 1. The lowest BCUT2D eigenvalue weighted by Gasteiger charge is -2.37. The molecule has 0 radical (unpaired) electrons. The van der Waals surface area contributed by atoms with Crippen molar-refractivity contribution in [1.29, 1.82) is 0 Å². The van der Waals surface area contributed by atoms with Crippen LogP contribution in [0.4, 0.5) is 0 Å². The van der Waals surface area contributed by atoms with Gasteiger partial charge in [-0.15, -0.1) is 11.8 Å². The zero-order chi connectivity index (χ0) is 26.4. The highest BCUT2D eigenvalue weighted by Gasteiger charge is 2.34. The van der Waals surface area contributed by atoms with E-state index >= 15 is 0 Å². The number of hydrogen-bond donors (Lipinski definition) is 2. The van der Waals surface area contributed by atoms with E-state index in [1.54, 1.807) is 25.1 Å². The van der Waals surface area contributed by atoms with Crippen LogP contribution in [0.15, 0.2) is 53.6 Å². The van der Waals surface area contributed by atoms with Crippen LogP contribution in [0.5, 0.6) is 5.75 Å². The highest BCUT2D eigenvalue weighted by Crippen LogP contribution is 2.35. The molecule has 1 aliphatic rings. The molecule has 6 nitrogen and oxygen atoms in total. The van der Waals surface area contributed by atoms with E-state index in [1.807, 2.05) is 42.5 Å². The summed E-state index contributed by atoms with van der Waals surface area (Å²) in [7, 11) is 1.61. The molecule has 0 amide bonds. The molecule has 1 aliphatic heterocycles. The molecule has 1 fully saturated rings. The molecule has 0 saturated carbocycles. The molecular weight excluding hydrogens is 531 g/mol. The Bertz CT molecular complexity index is 1210. The quantitative estimate of drug-likeness (QED) is 0.202. The van der Waals surface area contributed by atoms with Crippen molar-refractivity contribution in [3.63, 3.8) is 0 Å². The van der Waals surface area contributed by atoms with Gasteiger partial charge in [0, 0.05) is 23.0 Å². The number of ether oxygens (including phenoxy) is 1. The lowest BCUT2D eigenvalue weighted by atomic mass is 9.81. The summed E-state index contributed by atoms with van der Waals surface area (Å²) in [6, 6.07) is 12.9. The van der Waals surface area contributed by atoms with Crippen LogP contribution in [0, 0.1) is 11.8 Å². The number of methoxy groups -OCH3 is 1. The Morgan fingerprint density at radius 3 is 2.76 bits per heavy atom. The number of aliphatic carboxylic acids is 1. The number of hydrogen-bond acceptors (Lipinski definition) is 6. The molecular formula is C28H32Cl2N2O4S. The summed E-state index contributed by atoms with van der Waals surface area (Å²) < 4.78 is 5.34. The first-order chi connectivity index (χ1) is 17.9. The van der Waals surface area contributed by atoms with Crippen LogP contribution in [0.1, 0.15) is 37.4 Å². The van der Waals surface area contributed by atoms with Gasteiger partial charge < -0.3 is 19.8 Å². The summed E-state index contributed by atoms with van der Waals surface area (Å²) >= 11 is 14.1. The zero-order valence-electron chi connectivity index (χ0n) is 20.8. The molecule has 4 rings (SSSR count). The number of carbonyl (C=O) groups is 1. The van der Waals surface area contributed by atoms with Crippen molar-refractivity contribution in [2.45, 2.75) is 36.7 Å². The van der Waals surface area contributed by atoms with Gasteiger partial charge in [0.15, 0.2) is 0 Å². The van der Waals surface area contributed by atoms with Gasteiger partial charge in [-0.2, -0.15) is 0 Å². The molecule has 2 heterocycles. The molecule has 0 spiro atoms. The minimum atomic E-state index is -0.763. The second-order valence-corrected chi connectivity index (χ2v) is 11.3. The Labute approximate surface area is 231 Å². The largest absolute Gasteiger partial charge is 0.497 e. The normalized spacial score (nSPS) is 19.1. The first-order valence-corrected chi connectivity index (χ1v) is 14.2. The monoisotopic (exact) mass is 562 g/mol. The van der Waals surface area contributed by atoms with Crippen LogP contribution < -0.4 is 4.74 Å². The van der Waals surface area contributed by atoms with Crippen molar-refractivity contribution >= 4 is 51.8 Å². The lowest BCUT2D eigenvalue weighted by Crippen LogP contribution is -2.44. The first-order valence-electron chi connectivity index (χ1n) is 12.5. The molecule has 0 bridgehead atoms. The molecule has 0 aliphatic carbocycles. The van der Waals surface area contributed by atoms with Crippen molar-refractivity contribution in [1.82, 2.24) is 9.88 Å². The summed E-state index contributed by atoms with van der Waals surface area (Å²) in [6.45, 7) is 2.22. The predicted octanol–water partition coefficient (Wildman–Crippen LogP) is 6.57. The van der Waals surface area contributed by atoms with Crippen LogP contribution >= 0.6 is 35.0 Å². The maximum absolute atomic E-state index is 12.1. The highest BCUT2D eigenvalue weighted by molar-refractivity contribution is 7.99. The van der Waals surface area contributed by atoms with Crippen molar-refractivity contribution < 1.29 is 19.7 Å². The van der Waals surface area contributed by atoms with E-state index in [4.69, 9.17) is 27.9 Å². The van der Waals surface area contributed by atoms with E-state index in [2.05, 4.69) is 9.88 Å². The molecule has 3 aromatic rings. The second-order valence-electron chi connectivity index (χ2n) is 9.42. The van der Waals surface area contributed by atoms with E-state index in [1.165, 1.54) is 0 Å². The van der Waals surface area contributed by atoms with Gasteiger partial charge in [-0.3, -0.25) is 9.78 Å². The number of carboxylic acid groups (broad SMARTS) is 1. The Morgan fingerprint density at radius 1 is 1.24 bits per heavy atom. The van der Waals surface area contributed by atoms with Crippen molar-refractivity contribution in [3.05, 3.63) is 64.3 Å². The molecule has 2 aromatic carbocycles. The van der Waals surface area contributed by atoms with Gasteiger partial charge in [0.05, 0.1) is 34.7 Å². The fraction of sp³-hybridized carbons (Fsp3) is 0.429. The zero-order valence-corrected chi connectivity index (χ0v) is 23.1. The first kappa shape index (κ1) is 28.0. The molecule has 2 N–H and O–H groups in total. The Kier molecular flexibility index (Phi) is 9.96. The Hall–Kier alpha value is -2.03. The predicted molar refractivity (Wildman–Crippen MR) is 150 cm³/mol. The number of aromatic nitrogens is 1. The van der Waals surface area contributed by atoms with Crippen molar-refractivity contribution in [2.24, 2.45) is 11.8 Å². The van der Waals surface area contributed by atoms with Crippen molar-refractivity contribution in [2.75, 3.05) is 32.5 Å². The second kappa shape index (κ2) is 13.2. The smallest absolute Gasteiger partial charge is 0.308 e. The summed E-state index contributed by atoms with van der Waals surface area (Å²) in [5, 5.41) is 23.1. The number of pyridine rings is 1. The number of nitrogens with zero attached hydrogens (tertiary/aromatic N) is 2. The summed E-state index contributed by atoms with van der Waals surface area (Å²) in [4.78, 5) is 19.6. The van der Waals surface area contributed by atoms with Gasteiger partial charge in [-0.1, -0.05) is 29.3 Å². The maximum Gasteiger partial charge on any atom is 0.308 e. The standard InChI is InChI=1S/C28H32Cl2N2O4S/c1-36-19-7-8-25-21(16-19)20(10-12-31-25)26(33)9-6-18-11-14-32(17-22(18)28(34)35)13-3-15-37-27-23(29)4-2-5-24(27)30/h2,4-5,7-8,10,12,16,18,22,26,33H,3,6,9,11,13-15,17H2,1H3,(H,34,35)/t18-,22+,26+/m1/s1. The number of likely N-dealkylation sites (tertiary alicyclic amines) is 1. The lowest BCUT2D eigenvalue weighted by molar-refractivity contribution is -0.146. The Balaban J connectivity index is 1.30. The van der Waals surface area contributed by atoms with Gasteiger partial charge in [-0.25, -0.2) is 0 Å². The molecule has 37 heavy (non-hydrogen) atoms. The number of benzene rings is 2. The molecule has 0 unspecified atom stereocenters. The molecule has 198 valence electrons. The average Bonchev–Trinajstić information content (AvgIpc) is 2.90. The Morgan fingerprint density at radius 2 is 2.03 bits per heavy atom. The van der Waals surface area contributed by atoms with Crippen LogP contribution in [0.3, 0.4) is 0 Å². The molecule has 1 saturated heterocycles. The van der Waals surface area contributed by atoms with Gasteiger partial charge in [0.1, 0.15) is 5.75 Å². The average molecular weight is 564 g/mol. The fourth-order valence-electron chi connectivity index (χ4n) is 5.07. The van der Waals surface area contributed by atoms with E-state index in [0.29, 0.717) is 35.2 Å². The number of rotatable bonds is 11. The van der Waals surface area contributed by atoms with Gasteiger partial charge in [0.2, 0.25) is 0 Å². The summed E-state index contributed by atoms with van der Waals surface area (Å²) in [5.74, 6) is 0.391. The minimum Gasteiger partial charge on any atom is -0.497 e. The third kappa shape index (κ3) is 7.09. The van der Waals surface area contributed by atoms with E-state index in [-0.39, 0.29) is 5.92 Å². The van der Waals surface area contributed by atoms with Gasteiger partial charge in [0.25, 0.3) is 0 Å². The molecule has 3 atom stereocenters. The highest BCUT2D eigenvalue weighted by atomic mass is 35.5. The van der Waals surface area contributed by atoms with E-state index in [9.17, 15) is 15.0 Å². The van der Waals surface area contributed by atoms with Crippen molar-refractivity contribution in [3.8, 4) is 5.75 Å². The third-order valence-electron chi connectivity index (χ3n) is 7.09. The van der Waals surface area contributed by atoms with Crippen LogP contribution in [-0.4, -0.2) is 58.6 Å². The number of aliphatic hydroxyl groups is 1. The van der Waals surface area contributed by atoms with E-state index < -0.39 is 18.0 Å². The van der Waals surface area contributed by atoms with Gasteiger partial charge >= 0.3 is 5.97 Å². The van der Waals surface area contributed by atoms with Crippen LogP contribution in [0.25, 0.3) is 10.9 Å². The van der Waals surface area contributed by atoms with Gasteiger partial charge in [-0.05, 0) is 92.4 Å². The number of piperidine rings is 1. The SMILES string of the molecule is COc1ccc2nccc([C@@H](O)CC[C@@H]3CCN(CCCSc4c(Cl)cccc4Cl)C[C@@H]3C(=O)O)c2c1. The van der Waals surface area contributed by atoms with Crippen LogP contribution in [0.2, 0.25) is 10.0 Å². The molecule has 1 aromatic heterocycles. The maximum atomic E-state index is 12.1. The van der Waals surface area contributed by atoms with Crippen LogP contribution in [-0.2, 0) is 4.79 Å². The molecule has 9 heteroatoms. The third-order valence-corrected chi connectivity index (χ3v) is 9.17. The minimum absolute atomic E-state index is 0.0299. The number of aliphatic hydroxyl groups excluding tert-OH is 1. The fourth-order valence-corrected chi connectivity index (χ4v) is 6.69. The number of fused-ring (bicyclic) bond motifs is 1. The number of halogens is 2. The summed E-state index contributed by atoms with van der Waals surface area (Å²) in [6.07, 6.45) is 3.88. The summed E-state index contributed by atoms with van der Waals surface area (Å²) in [5.41, 5.74) is 1.59. The number of carboxylic acids is 1. The topological polar surface area (TPSA) is 82.9 Å². The van der Waals surface area contributed by atoms with E-state index in [0.717, 1.165) is 53.0 Å².